The quantitative estimate of drug-likeness (QED) is 0.379. The highest BCUT2D eigenvalue weighted by Gasteiger charge is 1.81. The Balaban J connectivity index is 3.16. The maximum atomic E-state index is 5.27. The monoisotopic (exact) mass is 177 g/mol. The molecule has 0 heterocycles. The van der Waals surface area contributed by atoms with Crippen LogP contribution < -0.4 is 0 Å². The molecule has 0 aliphatic rings. The smallest absolute Gasteiger partial charge is 0.0347 e. The minimum Gasteiger partial charge on any atom is -0.0846 e. The third kappa shape index (κ3) is 11.2. The van der Waals surface area contributed by atoms with Gasteiger partial charge in [0, 0.05) is 0 Å². The van der Waals surface area contributed by atoms with Crippen LogP contribution in [0.3, 0.4) is 0 Å². The molecule has 0 N–H and O–H groups in total. The van der Waals surface area contributed by atoms with Gasteiger partial charge in [-0.25, -0.2) is 0 Å². The predicted octanol–water partition coefficient (Wildman–Crippen LogP) is 4.45. The molecular weight excluding hydrogens is 156 g/mol. The van der Waals surface area contributed by atoms with Crippen LogP contribution in [-0.4, -0.2) is 0 Å². The van der Waals surface area contributed by atoms with E-state index in [4.69, 9.17) is 6.58 Å². The fourth-order valence-corrected chi connectivity index (χ4v) is 1.04. The summed E-state index contributed by atoms with van der Waals surface area (Å²) in [6, 6.07) is 0. The van der Waals surface area contributed by atoms with Crippen LogP contribution in [0.5, 0.6) is 0 Å². The van der Waals surface area contributed by atoms with Gasteiger partial charge in [-0.2, -0.15) is 0 Å². The van der Waals surface area contributed by atoms with Gasteiger partial charge in [0.15, 0.2) is 0 Å². The van der Waals surface area contributed by atoms with E-state index >= 15 is 0 Å². The van der Waals surface area contributed by atoms with Gasteiger partial charge in [0.05, 0.1) is 0 Å². The minimum atomic E-state index is 1.04. The lowest BCUT2D eigenvalue weighted by molar-refractivity contribution is 0.762. The van der Waals surface area contributed by atoms with Crippen LogP contribution in [-0.2, 0) is 0 Å². The molecule has 0 bridgehead atoms. The van der Waals surface area contributed by atoms with Crippen molar-refractivity contribution in [2.75, 3.05) is 0 Å². The fourth-order valence-electron chi connectivity index (χ4n) is 1.04. The molecule has 0 saturated carbocycles. The van der Waals surface area contributed by atoms with E-state index in [9.17, 15) is 0 Å². The van der Waals surface area contributed by atoms with Gasteiger partial charge in [-0.3, -0.25) is 0 Å². The highest BCUT2D eigenvalue weighted by molar-refractivity contribution is 5.02. The molecule has 0 aromatic rings. The molecule has 0 aromatic heterocycles. The van der Waals surface area contributed by atoms with Gasteiger partial charge in [-0.05, 0) is 32.1 Å². The first-order chi connectivity index (χ1) is 6.41. The van der Waals surface area contributed by atoms with Crippen molar-refractivity contribution >= 4 is 0 Å². The average Bonchev–Trinajstić information content (AvgIpc) is 2.16. The van der Waals surface area contributed by atoms with Gasteiger partial charge in [0.1, 0.15) is 0 Å². The average molecular weight is 177 g/mol. The van der Waals surface area contributed by atoms with Crippen molar-refractivity contribution in [2.24, 2.45) is 0 Å². The lowest BCUT2D eigenvalue weighted by atomic mass is 10.2. The van der Waals surface area contributed by atoms with Crippen molar-refractivity contribution in [1.82, 2.24) is 0 Å². The van der Waals surface area contributed by atoms with Crippen molar-refractivity contribution in [3.05, 3.63) is 37.0 Å². The molecule has 0 rings (SSSR count). The van der Waals surface area contributed by atoms with Crippen LogP contribution in [0.2, 0.25) is 0 Å². The minimum absolute atomic E-state index is 1.04. The molecule has 0 aliphatic carbocycles. The number of hydrogen-bond acceptors (Lipinski definition) is 0. The topological polar surface area (TPSA) is 0 Å². The first-order valence-corrected chi connectivity index (χ1v) is 5.27. The molecule has 13 heavy (non-hydrogen) atoms. The van der Waals surface area contributed by atoms with Crippen LogP contribution in [0.25, 0.3) is 0 Å². The van der Waals surface area contributed by atoms with E-state index in [-0.39, 0.29) is 0 Å². The summed E-state index contributed by atoms with van der Waals surface area (Å²) in [6.07, 6.45) is 17.5. The number of unbranched alkanes of at least 4 members (excludes halogenated alkanes) is 4. The first-order valence-electron chi connectivity index (χ1n) is 5.27. The van der Waals surface area contributed by atoms with Gasteiger partial charge >= 0.3 is 0 Å². The highest BCUT2D eigenvalue weighted by Crippen LogP contribution is 2.00. The van der Waals surface area contributed by atoms with E-state index in [1.807, 2.05) is 0 Å². The van der Waals surface area contributed by atoms with E-state index in [2.05, 4.69) is 31.2 Å². The Bertz CT molecular complexity index is 151. The lowest BCUT2D eigenvalue weighted by Crippen LogP contribution is -1.70. The van der Waals surface area contributed by atoms with Gasteiger partial charge in [0.25, 0.3) is 0 Å². The summed E-state index contributed by atoms with van der Waals surface area (Å²) in [6.45, 7) is 7.46. The Morgan fingerprint density at radius 2 is 1.54 bits per heavy atom. The molecule has 0 nitrogen and oxygen atoms in total. The van der Waals surface area contributed by atoms with Gasteiger partial charge in [-0.1, -0.05) is 50.3 Å². The molecule has 73 valence electrons. The Labute approximate surface area is 83.0 Å². The summed E-state index contributed by atoms with van der Waals surface area (Å²) in [5.74, 6) is 0. The molecule has 0 atom stereocenters. The summed E-state index contributed by atoms with van der Waals surface area (Å²) in [7, 11) is 0. The zero-order chi connectivity index (χ0) is 9.78. The summed E-state index contributed by atoms with van der Waals surface area (Å²) in [5, 5.41) is 0. The molecule has 0 heteroatoms. The van der Waals surface area contributed by atoms with Crippen molar-refractivity contribution in [2.45, 2.75) is 45.4 Å². The van der Waals surface area contributed by atoms with Gasteiger partial charge < -0.3 is 0 Å². The van der Waals surface area contributed by atoms with Crippen molar-refractivity contribution < 1.29 is 0 Å². The Kier molecular flexibility index (Phi) is 10.5. The largest absolute Gasteiger partial charge is 0.0846 e. The van der Waals surface area contributed by atoms with E-state index in [0.29, 0.717) is 0 Å². The van der Waals surface area contributed by atoms with Crippen molar-refractivity contribution in [3.8, 4) is 0 Å². The molecule has 0 spiro atoms. The Hall–Kier alpha value is -0.780. The SMILES string of the molecule is [CH]=CCCCCC=CC=CCCC. The van der Waals surface area contributed by atoms with Crippen LogP contribution >= 0.6 is 0 Å². The third-order valence-corrected chi connectivity index (χ3v) is 1.83. The maximum Gasteiger partial charge on any atom is -0.0347 e. The van der Waals surface area contributed by atoms with E-state index in [1.54, 1.807) is 6.08 Å². The second kappa shape index (κ2) is 11.2. The van der Waals surface area contributed by atoms with E-state index in [1.165, 1.54) is 32.1 Å². The first kappa shape index (κ1) is 12.2. The third-order valence-electron chi connectivity index (χ3n) is 1.83. The van der Waals surface area contributed by atoms with E-state index < -0.39 is 0 Å². The van der Waals surface area contributed by atoms with Crippen molar-refractivity contribution in [1.29, 1.82) is 0 Å². The highest BCUT2D eigenvalue weighted by atomic mass is 13.9. The maximum absolute atomic E-state index is 5.27. The zero-order valence-corrected chi connectivity index (χ0v) is 8.71. The molecule has 0 aliphatic heterocycles. The summed E-state index contributed by atoms with van der Waals surface area (Å²) in [5.41, 5.74) is 0. The summed E-state index contributed by atoms with van der Waals surface area (Å²) in [4.78, 5) is 0. The summed E-state index contributed by atoms with van der Waals surface area (Å²) >= 11 is 0. The molecule has 0 amide bonds. The number of allylic oxidation sites excluding steroid dienone is 5. The molecule has 0 saturated heterocycles. The van der Waals surface area contributed by atoms with Crippen LogP contribution in [0.1, 0.15) is 45.4 Å². The second-order valence-corrected chi connectivity index (χ2v) is 3.17. The van der Waals surface area contributed by atoms with E-state index in [0.717, 1.165) is 6.42 Å². The molecule has 1 radical (unpaired) electrons. The lowest BCUT2D eigenvalue weighted by Gasteiger charge is -1.90. The molecule has 0 aromatic carbocycles. The van der Waals surface area contributed by atoms with Crippen molar-refractivity contribution in [3.63, 3.8) is 0 Å². The van der Waals surface area contributed by atoms with Gasteiger partial charge in [-0.15, -0.1) is 0 Å². The normalized spacial score (nSPS) is 11.5. The second-order valence-electron chi connectivity index (χ2n) is 3.17. The fraction of sp³-hybridized carbons (Fsp3) is 0.538. The van der Waals surface area contributed by atoms with Crippen LogP contribution in [0, 0.1) is 6.58 Å². The summed E-state index contributed by atoms with van der Waals surface area (Å²) < 4.78 is 0. The molecule has 0 unspecified atom stereocenters. The standard InChI is InChI=1S/C13H21/c1-3-5-7-9-11-13-12-10-8-6-4-2/h1,3,8,10,12-13H,4-7,9,11H2,2H3. The van der Waals surface area contributed by atoms with Crippen LogP contribution in [0.15, 0.2) is 30.4 Å². The van der Waals surface area contributed by atoms with Crippen LogP contribution in [0.4, 0.5) is 0 Å². The zero-order valence-electron chi connectivity index (χ0n) is 8.71. The molecular formula is C13H21. The van der Waals surface area contributed by atoms with Gasteiger partial charge in [0.2, 0.25) is 0 Å². The number of hydrogen-bond donors (Lipinski definition) is 0. The Morgan fingerprint density at radius 3 is 2.15 bits per heavy atom. The Morgan fingerprint density at radius 1 is 0.923 bits per heavy atom. The predicted molar refractivity (Wildman–Crippen MR) is 60.5 cm³/mol. The molecule has 0 fully saturated rings. The number of rotatable bonds is 8.